The number of aryl methyl sites for hydroxylation is 1. The summed E-state index contributed by atoms with van der Waals surface area (Å²) in [4.78, 5) is 15.7. The molecule has 20 heavy (non-hydrogen) atoms. The molecule has 0 aliphatic carbocycles. The highest BCUT2D eigenvalue weighted by Gasteiger charge is 2.18. The topological polar surface area (TPSA) is 58.4 Å². The van der Waals surface area contributed by atoms with Crippen molar-refractivity contribution >= 4 is 17.0 Å². The lowest BCUT2D eigenvalue weighted by Crippen LogP contribution is -2.40. The van der Waals surface area contributed by atoms with Crippen LogP contribution in [0, 0.1) is 0 Å². The maximum atomic E-state index is 11.1. The Balaban J connectivity index is 2.11. The van der Waals surface area contributed by atoms with Crippen molar-refractivity contribution in [3.8, 4) is 0 Å². The van der Waals surface area contributed by atoms with Gasteiger partial charge in [-0.25, -0.2) is 14.5 Å². The van der Waals surface area contributed by atoms with Gasteiger partial charge in [-0.1, -0.05) is 6.92 Å². The predicted octanol–water partition coefficient (Wildman–Crippen LogP) is 2.42. The number of hydrogen-bond donors (Lipinski definition) is 1. The summed E-state index contributed by atoms with van der Waals surface area (Å²) in [6, 6.07) is 5.20. The molecule has 0 saturated carbocycles. The summed E-state index contributed by atoms with van der Waals surface area (Å²) in [7, 11) is 0. The molecule has 1 fully saturated rings. The number of benzene rings is 1. The highest BCUT2D eigenvalue weighted by molar-refractivity contribution is 5.92. The summed E-state index contributed by atoms with van der Waals surface area (Å²) in [5, 5.41) is 11.4. The predicted molar refractivity (Wildman–Crippen MR) is 77.9 cm³/mol. The Morgan fingerprint density at radius 1 is 1.30 bits per heavy atom. The van der Waals surface area contributed by atoms with Crippen LogP contribution in [0.5, 0.6) is 0 Å². The SMILES string of the molecule is CCc1nc2cc(C(=O)O)ccc2n1N1CCCCC1. The number of hydrogen-bond acceptors (Lipinski definition) is 3. The second-order valence-electron chi connectivity index (χ2n) is 5.22. The van der Waals surface area contributed by atoms with E-state index in [0.717, 1.165) is 36.4 Å². The van der Waals surface area contributed by atoms with Crippen LogP contribution in [-0.2, 0) is 6.42 Å². The number of nitrogens with zero attached hydrogens (tertiary/aromatic N) is 3. The number of carboxylic acids is 1. The van der Waals surface area contributed by atoms with Gasteiger partial charge in [-0.15, -0.1) is 0 Å². The Hall–Kier alpha value is -2.04. The molecule has 2 aromatic rings. The molecule has 0 radical (unpaired) electrons. The lowest BCUT2D eigenvalue weighted by atomic mass is 10.1. The molecule has 5 heteroatoms. The standard InChI is InChI=1S/C15H19N3O2/c1-2-14-16-12-10-11(15(19)20)6-7-13(12)18(14)17-8-4-3-5-9-17/h6-7,10H,2-5,8-9H2,1H3,(H,19,20). The highest BCUT2D eigenvalue weighted by Crippen LogP contribution is 2.21. The molecule has 1 aliphatic rings. The minimum Gasteiger partial charge on any atom is -0.478 e. The molecule has 1 aliphatic heterocycles. The molecule has 0 atom stereocenters. The van der Waals surface area contributed by atoms with E-state index in [1.807, 2.05) is 6.07 Å². The molecule has 1 aromatic heterocycles. The van der Waals surface area contributed by atoms with Crippen molar-refractivity contribution in [2.75, 3.05) is 18.1 Å². The highest BCUT2D eigenvalue weighted by atomic mass is 16.4. The number of piperidine rings is 1. The minimum atomic E-state index is -0.905. The normalized spacial score (nSPS) is 15.8. The molecule has 0 spiro atoms. The third-order valence-electron chi connectivity index (χ3n) is 3.88. The fourth-order valence-corrected chi connectivity index (χ4v) is 2.87. The molecular weight excluding hydrogens is 254 g/mol. The Morgan fingerprint density at radius 3 is 2.70 bits per heavy atom. The second-order valence-corrected chi connectivity index (χ2v) is 5.22. The zero-order valence-electron chi connectivity index (χ0n) is 11.7. The largest absolute Gasteiger partial charge is 0.478 e. The van der Waals surface area contributed by atoms with Gasteiger partial charge in [-0.3, -0.25) is 0 Å². The Bertz CT molecular complexity index is 642. The van der Waals surface area contributed by atoms with Crippen molar-refractivity contribution in [2.45, 2.75) is 32.6 Å². The van der Waals surface area contributed by atoms with Crippen LogP contribution in [-0.4, -0.2) is 33.8 Å². The van der Waals surface area contributed by atoms with Gasteiger partial charge in [-0.05, 0) is 37.5 Å². The van der Waals surface area contributed by atoms with Crippen molar-refractivity contribution in [1.29, 1.82) is 0 Å². The van der Waals surface area contributed by atoms with E-state index in [1.54, 1.807) is 12.1 Å². The molecule has 2 heterocycles. The Morgan fingerprint density at radius 2 is 2.05 bits per heavy atom. The molecule has 1 saturated heterocycles. The smallest absolute Gasteiger partial charge is 0.335 e. The van der Waals surface area contributed by atoms with Crippen LogP contribution in [0.2, 0.25) is 0 Å². The van der Waals surface area contributed by atoms with Crippen LogP contribution < -0.4 is 5.01 Å². The average Bonchev–Trinajstić information content (AvgIpc) is 2.85. The maximum absolute atomic E-state index is 11.1. The first kappa shape index (κ1) is 13.0. The monoisotopic (exact) mass is 273 g/mol. The lowest BCUT2D eigenvalue weighted by molar-refractivity contribution is 0.0697. The van der Waals surface area contributed by atoms with Gasteiger partial charge in [0.2, 0.25) is 0 Å². The van der Waals surface area contributed by atoms with Crippen LogP contribution in [0.25, 0.3) is 11.0 Å². The van der Waals surface area contributed by atoms with E-state index in [0.29, 0.717) is 5.56 Å². The van der Waals surface area contributed by atoms with Gasteiger partial charge in [-0.2, -0.15) is 0 Å². The number of fused-ring (bicyclic) bond motifs is 1. The molecule has 1 N–H and O–H groups in total. The van der Waals surface area contributed by atoms with Gasteiger partial charge >= 0.3 is 5.97 Å². The number of carboxylic acid groups (broad SMARTS) is 1. The Labute approximate surface area is 117 Å². The quantitative estimate of drug-likeness (QED) is 0.933. The first-order chi connectivity index (χ1) is 9.70. The van der Waals surface area contributed by atoms with E-state index < -0.39 is 5.97 Å². The van der Waals surface area contributed by atoms with Crippen LogP contribution in [0.15, 0.2) is 18.2 Å². The maximum Gasteiger partial charge on any atom is 0.335 e. The number of aromatic carboxylic acids is 1. The van der Waals surface area contributed by atoms with E-state index in [-0.39, 0.29) is 0 Å². The summed E-state index contributed by atoms with van der Waals surface area (Å²) >= 11 is 0. The zero-order chi connectivity index (χ0) is 14.1. The number of rotatable bonds is 3. The molecule has 0 amide bonds. The molecule has 0 unspecified atom stereocenters. The van der Waals surface area contributed by atoms with Gasteiger partial charge in [0.05, 0.1) is 16.6 Å². The van der Waals surface area contributed by atoms with E-state index in [1.165, 1.54) is 19.3 Å². The van der Waals surface area contributed by atoms with Gasteiger partial charge in [0.25, 0.3) is 0 Å². The van der Waals surface area contributed by atoms with Gasteiger partial charge in [0.15, 0.2) is 0 Å². The summed E-state index contributed by atoms with van der Waals surface area (Å²) in [6.07, 6.45) is 4.54. The van der Waals surface area contributed by atoms with Crippen LogP contribution in [0.1, 0.15) is 42.4 Å². The first-order valence-electron chi connectivity index (χ1n) is 7.20. The summed E-state index contributed by atoms with van der Waals surface area (Å²) in [6.45, 7) is 4.16. The first-order valence-corrected chi connectivity index (χ1v) is 7.20. The van der Waals surface area contributed by atoms with Crippen molar-refractivity contribution < 1.29 is 9.90 Å². The fraction of sp³-hybridized carbons (Fsp3) is 0.467. The van der Waals surface area contributed by atoms with Crippen molar-refractivity contribution in [3.63, 3.8) is 0 Å². The molecule has 5 nitrogen and oxygen atoms in total. The number of imidazole rings is 1. The number of aromatic nitrogens is 2. The van der Waals surface area contributed by atoms with Crippen LogP contribution in [0.4, 0.5) is 0 Å². The van der Waals surface area contributed by atoms with E-state index in [4.69, 9.17) is 5.11 Å². The van der Waals surface area contributed by atoms with E-state index in [2.05, 4.69) is 21.6 Å². The van der Waals surface area contributed by atoms with Crippen LogP contribution >= 0.6 is 0 Å². The molecule has 0 bridgehead atoms. The molecular formula is C15H19N3O2. The minimum absolute atomic E-state index is 0.295. The van der Waals surface area contributed by atoms with Crippen LogP contribution in [0.3, 0.4) is 0 Å². The Kier molecular flexibility index (Phi) is 3.34. The zero-order valence-corrected chi connectivity index (χ0v) is 11.7. The lowest BCUT2D eigenvalue weighted by Gasteiger charge is -2.31. The van der Waals surface area contributed by atoms with Gasteiger partial charge in [0, 0.05) is 19.5 Å². The third kappa shape index (κ3) is 2.13. The molecule has 106 valence electrons. The van der Waals surface area contributed by atoms with Crippen molar-refractivity contribution in [2.24, 2.45) is 0 Å². The molecule has 3 rings (SSSR count). The fourth-order valence-electron chi connectivity index (χ4n) is 2.87. The molecule has 1 aromatic carbocycles. The van der Waals surface area contributed by atoms with Crippen molar-refractivity contribution in [1.82, 2.24) is 9.66 Å². The second kappa shape index (κ2) is 5.15. The summed E-state index contributed by atoms with van der Waals surface area (Å²) in [5.74, 6) is 0.0990. The van der Waals surface area contributed by atoms with E-state index >= 15 is 0 Å². The summed E-state index contributed by atoms with van der Waals surface area (Å²) < 4.78 is 2.18. The summed E-state index contributed by atoms with van der Waals surface area (Å²) in [5.41, 5.74) is 2.07. The number of carbonyl (C=O) groups is 1. The third-order valence-corrected chi connectivity index (χ3v) is 3.88. The van der Waals surface area contributed by atoms with Crippen molar-refractivity contribution in [3.05, 3.63) is 29.6 Å². The van der Waals surface area contributed by atoms with E-state index in [9.17, 15) is 4.79 Å². The van der Waals surface area contributed by atoms with Gasteiger partial charge < -0.3 is 10.1 Å². The average molecular weight is 273 g/mol. The van der Waals surface area contributed by atoms with Gasteiger partial charge in [0.1, 0.15) is 5.82 Å².